The van der Waals surface area contributed by atoms with E-state index >= 15 is 0 Å². The Morgan fingerprint density at radius 1 is 1.20 bits per heavy atom. The lowest BCUT2D eigenvalue weighted by molar-refractivity contribution is 0.582. The number of nitrogens with zero attached hydrogens (tertiary/aromatic N) is 1. The van der Waals surface area contributed by atoms with E-state index in [0.29, 0.717) is 10.5 Å². The van der Waals surface area contributed by atoms with Gasteiger partial charge in [-0.05, 0) is 35.7 Å². The average molecular weight is 290 g/mol. The van der Waals surface area contributed by atoms with E-state index in [4.69, 9.17) is 5.73 Å². The molecule has 0 bridgehead atoms. The van der Waals surface area contributed by atoms with Gasteiger partial charge < -0.3 is 5.73 Å². The van der Waals surface area contributed by atoms with Crippen LogP contribution in [0.3, 0.4) is 0 Å². The Bertz CT molecular complexity index is 652. The average Bonchev–Trinajstić information content (AvgIpc) is 2.49. The van der Waals surface area contributed by atoms with Gasteiger partial charge in [-0.1, -0.05) is 25.1 Å². The predicted octanol–water partition coefficient (Wildman–Crippen LogP) is 2.12. The minimum atomic E-state index is -3.49. The predicted molar refractivity (Wildman–Crippen MR) is 79.0 cm³/mol. The number of nitrogens with two attached hydrogens (primary N) is 1. The van der Waals surface area contributed by atoms with Crippen LogP contribution < -0.4 is 5.73 Å². The van der Waals surface area contributed by atoms with Gasteiger partial charge in [0, 0.05) is 18.9 Å². The van der Waals surface area contributed by atoms with Gasteiger partial charge in [0.1, 0.15) is 5.25 Å². The molecular weight excluding hydrogens is 272 g/mol. The summed E-state index contributed by atoms with van der Waals surface area (Å²) in [6.45, 7) is 2.06. The number of sulfone groups is 1. The Hall–Kier alpha value is -1.72. The summed E-state index contributed by atoms with van der Waals surface area (Å²) in [5.74, 6) is 0. The first-order valence-corrected chi connectivity index (χ1v) is 8.07. The van der Waals surface area contributed by atoms with Crippen LogP contribution in [0.2, 0.25) is 0 Å². The summed E-state index contributed by atoms with van der Waals surface area (Å²) in [5.41, 5.74) is 7.40. The molecule has 0 aliphatic carbocycles. The van der Waals surface area contributed by atoms with Crippen molar-refractivity contribution in [1.82, 2.24) is 4.98 Å². The first-order chi connectivity index (χ1) is 9.59. The van der Waals surface area contributed by atoms with Gasteiger partial charge in [-0.3, -0.25) is 4.98 Å². The fourth-order valence-corrected chi connectivity index (χ4v) is 3.68. The van der Waals surface area contributed by atoms with Crippen LogP contribution in [0.4, 0.5) is 0 Å². The monoisotopic (exact) mass is 290 g/mol. The molecule has 0 saturated carbocycles. The van der Waals surface area contributed by atoms with Crippen molar-refractivity contribution >= 4 is 9.84 Å². The van der Waals surface area contributed by atoms with Gasteiger partial charge in [0.2, 0.25) is 0 Å². The van der Waals surface area contributed by atoms with Gasteiger partial charge in [-0.15, -0.1) is 0 Å². The molecule has 1 aromatic heterocycles. The van der Waals surface area contributed by atoms with Crippen LogP contribution >= 0.6 is 0 Å². The number of rotatable bonds is 5. The second kappa shape index (κ2) is 6.15. The normalized spacial score (nSPS) is 13.1. The lowest BCUT2D eigenvalue weighted by atomic mass is 10.2. The van der Waals surface area contributed by atoms with E-state index in [-0.39, 0.29) is 6.54 Å². The maximum atomic E-state index is 12.7. The topological polar surface area (TPSA) is 73.0 Å². The molecule has 0 amide bonds. The molecule has 106 valence electrons. The van der Waals surface area contributed by atoms with E-state index in [0.717, 1.165) is 12.0 Å². The zero-order valence-corrected chi connectivity index (χ0v) is 12.2. The molecular formula is C15H18N2O2S. The summed E-state index contributed by atoms with van der Waals surface area (Å²) >= 11 is 0. The first kappa shape index (κ1) is 14.7. The van der Waals surface area contributed by atoms with Crippen LogP contribution in [0.15, 0.2) is 53.7 Å². The first-order valence-electron chi connectivity index (χ1n) is 6.52. The largest absolute Gasteiger partial charge is 0.329 e. The lowest BCUT2D eigenvalue weighted by Crippen LogP contribution is -2.22. The van der Waals surface area contributed by atoms with Crippen LogP contribution in [-0.2, 0) is 16.3 Å². The van der Waals surface area contributed by atoms with Gasteiger partial charge in [0.05, 0.1) is 4.90 Å². The molecule has 0 saturated heterocycles. The summed E-state index contributed by atoms with van der Waals surface area (Å²) in [6, 6.07) is 10.4. The number of benzene rings is 1. The Morgan fingerprint density at radius 2 is 1.90 bits per heavy atom. The van der Waals surface area contributed by atoms with E-state index in [1.54, 1.807) is 36.7 Å². The molecule has 20 heavy (non-hydrogen) atoms. The van der Waals surface area contributed by atoms with Gasteiger partial charge in [0.15, 0.2) is 9.84 Å². The third kappa shape index (κ3) is 2.89. The van der Waals surface area contributed by atoms with E-state index in [2.05, 4.69) is 4.98 Å². The van der Waals surface area contributed by atoms with Gasteiger partial charge >= 0.3 is 0 Å². The standard InChI is InChI=1S/C15H18N2O2S/c1-2-12-5-7-14(8-6-12)20(18,19)15(10-16)13-4-3-9-17-11-13/h3-9,11,15H,2,10,16H2,1H3. The fourth-order valence-electron chi connectivity index (χ4n) is 2.09. The second-order valence-electron chi connectivity index (χ2n) is 4.55. The molecule has 0 spiro atoms. The minimum Gasteiger partial charge on any atom is -0.329 e. The van der Waals surface area contributed by atoms with Crippen molar-refractivity contribution in [3.63, 3.8) is 0 Å². The van der Waals surface area contributed by atoms with Crippen molar-refractivity contribution in [3.05, 3.63) is 59.9 Å². The van der Waals surface area contributed by atoms with Crippen LogP contribution in [0.5, 0.6) is 0 Å². The summed E-state index contributed by atoms with van der Waals surface area (Å²) in [7, 11) is -3.49. The van der Waals surface area contributed by atoms with Crippen LogP contribution in [-0.4, -0.2) is 19.9 Å². The highest BCUT2D eigenvalue weighted by atomic mass is 32.2. The quantitative estimate of drug-likeness (QED) is 0.915. The van der Waals surface area contributed by atoms with Gasteiger partial charge in [-0.25, -0.2) is 8.42 Å². The van der Waals surface area contributed by atoms with Gasteiger partial charge in [-0.2, -0.15) is 0 Å². The molecule has 2 N–H and O–H groups in total. The third-order valence-corrected chi connectivity index (χ3v) is 5.45. The Morgan fingerprint density at radius 3 is 2.40 bits per heavy atom. The molecule has 0 fully saturated rings. The van der Waals surface area contributed by atoms with Crippen LogP contribution in [0.25, 0.3) is 0 Å². The lowest BCUT2D eigenvalue weighted by Gasteiger charge is -2.16. The second-order valence-corrected chi connectivity index (χ2v) is 6.68. The molecule has 5 heteroatoms. The zero-order valence-electron chi connectivity index (χ0n) is 11.4. The SMILES string of the molecule is CCc1ccc(S(=O)(=O)C(CN)c2cccnc2)cc1. The van der Waals surface area contributed by atoms with Crippen molar-refractivity contribution < 1.29 is 8.42 Å². The highest BCUT2D eigenvalue weighted by Crippen LogP contribution is 2.27. The van der Waals surface area contributed by atoms with Crippen LogP contribution in [0, 0.1) is 0 Å². The van der Waals surface area contributed by atoms with E-state index in [9.17, 15) is 8.42 Å². The molecule has 1 heterocycles. The Balaban J connectivity index is 2.41. The third-order valence-electron chi connectivity index (χ3n) is 3.30. The number of pyridine rings is 1. The molecule has 1 aromatic carbocycles. The van der Waals surface area contributed by atoms with Crippen LogP contribution in [0.1, 0.15) is 23.3 Å². The van der Waals surface area contributed by atoms with Crippen molar-refractivity contribution in [2.75, 3.05) is 6.54 Å². The van der Waals surface area contributed by atoms with Crippen molar-refractivity contribution in [2.45, 2.75) is 23.5 Å². The summed E-state index contributed by atoms with van der Waals surface area (Å²) in [4.78, 5) is 4.27. The summed E-state index contributed by atoms with van der Waals surface area (Å²) < 4.78 is 25.3. The summed E-state index contributed by atoms with van der Waals surface area (Å²) in [5, 5.41) is -0.760. The molecule has 4 nitrogen and oxygen atoms in total. The maximum absolute atomic E-state index is 12.7. The van der Waals surface area contributed by atoms with E-state index in [1.807, 2.05) is 19.1 Å². The number of aryl methyl sites for hydroxylation is 1. The summed E-state index contributed by atoms with van der Waals surface area (Å²) in [6.07, 6.45) is 4.04. The number of aromatic nitrogens is 1. The highest BCUT2D eigenvalue weighted by molar-refractivity contribution is 7.91. The fraction of sp³-hybridized carbons (Fsp3) is 0.267. The minimum absolute atomic E-state index is 0.0313. The van der Waals surface area contributed by atoms with Crippen molar-refractivity contribution in [1.29, 1.82) is 0 Å². The molecule has 0 aliphatic rings. The molecule has 2 aromatic rings. The molecule has 0 radical (unpaired) electrons. The van der Waals surface area contributed by atoms with E-state index < -0.39 is 15.1 Å². The van der Waals surface area contributed by atoms with Crippen molar-refractivity contribution in [2.24, 2.45) is 5.73 Å². The number of hydrogen-bond donors (Lipinski definition) is 1. The smallest absolute Gasteiger partial charge is 0.186 e. The molecule has 1 unspecified atom stereocenters. The molecule has 0 aliphatic heterocycles. The Labute approximate surface area is 119 Å². The highest BCUT2D eigenvalue weighted by Gasteiger charge is 2.27. The zero-order chi connectivity index (χ0) is 14.6. The molecule has 2 rings (SSSR count). The number of hydrogen-bond acceptors (Lipinski definition) is 4. The van der Waals surface area contributed by atoms with E-state index in [1.165, 1.54) is 0 Å². The molecule has 1 atom stereocenters. The Kier molecular flexibility index (Phi) is 4.52. The van der Waals surface area contributed by atoms with Gasteiger partial charge in [0.25, 0.3) is 0 Å². The maximum Gasteiger partial charge on any atom is 0.186 e. The van der Waals surface area contributed by atoms with Crippen molar-refractivity contribution in [3.8, 4) is 0 Å².